The fourth-order valence-corrected chi connectivity index (χ4v) is 2.85. The van der Waals surface area contributed by atoms with E-state index in [9.17, 15) is 14.4 Å². The molecule has 1 aliphatic carbocycles. The Labute approximate surface area is 155 Å². The minimum atomic E-state index is -0.720. The minimum Gasteiger partial charge on any atom is -0.422 e. The molecule has 2 N–H and O–H groups in total. The van der Waals surface area contributed by atoms with Crippen LogP contribution in [0.5, 0.6) is 0 Å². The number of nitrogens with one attached hydrogen (secondary N) is 2. The third kappa shape index (κ3) is 3.74. The maximum Gasteiger partial charge on any atom is 0.349 e. The number of rotatable bonds is 5. The Morgan fingerprint density at radius 3 is 2.52 bits per heavy atom. The second-order valence-corrected chi connectivity index (χ2v) is 6.64. The maximum atomic E-state index is 12.6. The molecule has 1 heterocycles. The standard InChI is InChI=1S/C21H18N2O4/c24-19(22-12-13-9-10-13)15-6-2-3-7-17(15)23-20(25)16-11-14-5-1-4-8-18(14)27-21(16)26/h1-8,11,13H,9-10,12H2,(H,22,24)(H,23,25). The number of fused-ring (bicyclic) bond motifs is 1. The highest BCUT2D eigenvalue weighted by atomic mass is 16.4. The van der Waals surface area contributed by atoms with E-state index in [4.69, 9.17) is 4.42 Å². The zero-order valence-electron chi connectivity index (χ0n) is 14.5. The van der Waals surface area contributed by atoms with Crippen molar-refractivity contribution < 1.29 is 14.0 Å². The van der Waals surface area contributed by atoms with E-state index in [1.165, 1.54) is 6.07 Å². The molecule has 0 saturated heterocycles. The molecule has 1 saturated carbocycles. The highest BCUT2D eigenvalue weighted by Crippen LogP contribution is 2.28. The second kappa shape index (κ2) is 7.07. The van der Waals surface area contributed by atoms with Crippen LogP contribution in [0.2, 0.25) is 0 Å². The topological polar surface area (TPSA) is 88.4 Å². The predicted molar refractivity (Wildman–Crippen MR) is 102 cm³/mol. The van der Waals surface area contributed by atoms with Crippen LogP contribution >= 0.6 is 0 Å². The van der Waals surface area contributed by atoms with Crippen LogP contribution in [0.15, 0.2) is 63.8 Å². The summed E-state index contributed by atoms with van der Waals surface area (Å²) in [7, 11) is 0. The van der Waals surface area contributed by atoms with E-state index in [2.05, 4.69) is 10.6 Å². The summed E-state index contributed by atoms with van der Waals surface area (Å²) in [4.78, 5) is 37.2. The maximum absolute atomic E-state index is 12.6. The zero-order chi connectivity index (χ0) is 18.8. The van der Waals surface area contributed by atoms with E-state index in [1.807, 2.05) is 0 Å². The van der Waals surface area contributed by atoms with Crippen molar-refractivity contribution in [3.63, 3.8) is 0 Å². The Balaban J connectivity index is 1.58. The van der Waals surface area contributed by atoms with Crippen LogP contribution in [0, 0.1) is 5.92 Å². The minimum absolute atomic E-state index is 0.109. The summed E-state index contributed by atoms with van der Waals surface area (Å²) in [6, 6.07) is 15.2. The lowest BCUT2D eigenvalue weighted by Gasteiger charge is -2.11. The summed E-state index contributed by atoms with van der Waals surface area (Å²) < 4.78 is 5.21. The summed E-state index contributed by atoms with van der Waals surface area (Å²) in [6.45, 7) is 0.634. The number of carbonyl (C=O) groups is 2. The van der Waals surface area contributed by atoms with Crippen molar-refractivity contribution in [3.8, 4) is 0 Å². The molecule has 6 nitrogen and oxygen atoms in total. The molecule has 0 atom stereocenters. The molecule has 136 valence electrons. The fourth-order valence-electron chi connectivity index (χ4n) is 2.85. The van der Waals surface area contributed by atoms with Gasteiger partial charge in [0.25, 0.3) is 11.8 Å². The molecule has 3 aromatic rings. The normalized spacial score (nSPS) is 13.3. The van der Waals surface area contributed by atoms with Crippen molar-refractivity contribution >= 4 is 28.5 Å². The van der Waals surface area contributed by atoms with Gasteiger partial charge < -0.3 is 15.1 Å². The predicted octanol–water partition coefficient (Wildman–Crippen LogP) is 3.19. The van der Waals surface area contributed by atoms with Gasteiger partial charge in [0.05, 0.1) is 11.3 Å². The highest BCUT2D eigenvalue weighted by molar-refractivity contribution is 6.09. The molecule has 2 amide bonds. The van der Waals surface area contributed by atoms with Crippen molar-refractivity contribution in [1.29, 1.82) is 0 Å². The van der Waals surface area contributed by atoms with Crippen molar-refractivity contribution in [3.05, 3.63) is 76.1 Å². The fraction of sp³-hybridized carbons (Fsp3) is 0.190. The first-order chi connectivity index (χ1) is 13.1. The highest BCUT2D eigenvalue weighted by Gasteiger charge is 2.23. The number of carbonyl (C=O) groups excluding carboxylic acids is 2. The molecule has 0 radical (unpaired) electrons. The lowest BCUT2D eigenvalue weighted by molar-refractivity contribution is 0.0952. The van der Waals surface area contributed by atoms with Crippen molar-refractivity contribution in [2.45, 2.75) is 12.8 Å². The SMILES string of the molecule is O=C(NCC1CC1)c1ccccc1NC(=O)c1cc2ccccc2oc1=O. The second-order valence-electron chi connectivity index (χ2n) is 6.64. The molecule has 0 bridgehead atoms. The van der Waals surface area contributed by atoms with Gasteiger partial charge in [-0.25, -0.2) is 4.79 Å². The van der Waals surface area contributed by atoms with Gasteiger partial charge in [0, 0.05) is 11.9 Å². The molecule has 1 aliphatic rings. The van der Waals surface area contributed by atoms with E-state index in [-0.39, 0.29) is 11.5 Å². The smallest absolute Gasteiger partial charge is 0.349 e. The van der Waals surface area contributed by atoms with E-state index >= 15 is 0 Å². The number of para-hydroxylation sites is 2. The lowest BCUT2D eigenvalue weighted by atomic mass is 10.1. The van der Waals surface area contributed by atoms with Crippen molar-refractivity contribution in [2.75, 3.05) is 11.9 Å². The first kappa shape index (κ1) is 17.0. The average Bonchev–Trinajstić information content (AvgIpc) is 3.50. The van der Waals surface area contributed by atoms with Gasteiger partial charge in [-0.3, -0.25) is 9.59 Å². The van der Waals surface area contributed by atoms with Gasteiger partial charge in [0.2, 0.25) is 0 Å². The molecule has 4 rings (SSSR count). The van der Waals surface area contributed by atoms with Gasteiger partial charge in [-0.05, 0) is 43.0 Å². The molecule has 0 unspecified atom stereocenters. The van der Waals surface area contributed by atoms with Crippen LogP contribution in [0.4, 0.5) is 5.69 Å². The Morgan fingerprint density at radius 1 is 0.963 bits per heavy atom. The van der Waals surface area contributed by atoms with E-state index in [0.29, 0.717) is 34.7 Å². The summed E-state index contributed by atoms with van der Waals surface area (Å²) in [5.74, 6) is -0.307. The van der Waals surface area contributed by atoms with Gasteiger partial charge in [-0.15, -0.1) is 0 Å². The molecule has 1 aromatic heterocycles. The number of hydrogen-bond donors (Lipinski definition) is 2. The first-order valence-corrected chi connectivity index (χ1v) is 8.83. The molecule has 2 aromatic carbocycles. The van der Waals surface area contributed by atoms with Crippen LogP contribution < -0.4 is 16.3 Å². The number of hydrogen-bond acceptors (Lipinski definition) is 4. The number of amides is 2. The third-order valence-corrected chi connectivity index (χ3v) is 4.55. The summed E-state index contributed by atoms with van der Waals surface area (Å²) in [6.07, 6.45) is 2.27. The van der Waals surface area contributed by atoms with Gasteiger partial charge >= 0.3 is 5.63 Å². The van der Waals surface area contributed by atoms with E-state index in [0.717, 1.165) is 12.8 Å². The van der Waals surface area contributed by atoms with Crippen LogP contribution in [-0.4, -0.2) is 18.4 Å². The Morgan fingerprint density at radius 2 is 1.70 bits per heavy atom. The first-order valence-electron chi connectivity index (χ1n) is 8.83. The summed E-state index contributed by atoms with van der Waals surface area (Å²) in [5, 5.41) is 6.19. The van der Waals surface area contributed by atoms with Gasteiger partial charge in [0.15, 0.2) is 0 Å². The monoisotopic (exact) mass is 362 g/mol. The lowest BCUT2D eigenvalue weighted by Crippen LogP contribution is -2.27. The molecule has 0 spiro atoms. The van der Waals surface area contributed by atoms with Gasteiger partial charge in [-0.1, -0.05) is 30.3 Å². The summed E-state index contributed by atoms with van der Waals surface area (Å²) >= 11 is 0. The zero-order valence-corrected chi connectivity index (χ0v) is 14.5. The molecule has 0 aliphatic heterocycles. The van der Waals surface area contributed by atoms with Crippen molar-refractivity contribution in [2.24, 2.45) is 5.92 Å². The number of anilines is 1. The van der Waals surface area contributed by atoms with Crippen LogP contribution in [0.25, 0.3) is 11.0 Å². The third-order valence-electron chi connectivity index (χ3n) is 4.55. The van der Waals surface area contributed by atoms with Gasteiger partial charge in [0.1, 0.15) is 11.1 Å². The molecular formula is C21H18N2O4. The average molecular weight is 362 g/mol. The number of benzene rings is 2. The molecule has 6 heteroatoms. The Hall–Kier alpha value is -3.41. The molecule has 1 fully saturated rings. The summed E-state index contributed by atoms with van der Waals surface area (Å²) in [5.41, 5.74) is 0.294. The molecular weight excluding hydrogens is 344 g/mol. The van der Waals surface area contributed by atoms with Gasteiger partial charge in [-0.2, -0.15) is 0 Å². The Kier molecular flexibility index (Phi) is 4.46. The van der Waals surface area contributed by atoms with Crippen LogP contribution in [-0.2, 0) is 0 Å². The van der Waals surface area contributed by atoms with Crippen molar-refractivity contribution in [1.82, 2.24) is 5.32 Å². The van der Waals surface area contributed by atoms with Crippen LogP contribution in [0.3, 0.4) is 0 Å². The Bertz CT molecular complexity index is 1080. The quantitative estimate of drug-likeness (QED) is 0.682. The van der Waals surface area contributed by atoms with E-state index < -0.39 is 11.5 Å². The van der Waals surface area contributed by atoms with E-state index in [1.54, 1.807) is 48.5 Å². The van der Waals surface area contributed by atoms with Crippen LogP contribution in [0.1, 0.15) is 33.6 Å². The largest absolute Gasteiger partial charge is 0.422 e. The molecule has 27 heavy (non-hydrogen) atoms.